The molecule has 1 atom stereocenters. The highest BCUT2D eigenvalue weighted by molar-refractivity contribution is 5.71. The summed E-state index contributed by atoms with van der Waals surface area (Å²) in [4.78, 5) is 34.0. The van der Waals surface area contributed by atoms with Crippen LogP contribution in [0.25, 0.3) is 0 Å². The predicted molar refractivity (Wildman–Crippen MR) is 88.9 cm³/mol. The van der Waals surface area contributed by atoms with Crippen LogP contribution in [0.2, 0.25) is 0 Å². The average molecular weight is 367 g/mol. The SMILES string of the molecule is COc1cc(COC(=O)CC2CCOC(=O)CC2)c([N+](=O)[O-])cc1OC. The van der Waals surface area contributed by atoms with Gasteiger partial charge in [0, 0.05) is 12.8 Å². The van der Waals surface area contributed by atoms with Crippen molar-refractivity contribution in [3.8, 4) is 11.5 Å². The number of benzene rings is 1. The van der Waals surface area contributed by atoms with Crippen LogP contribution in [0, 0.1) is 16.0 Å². The lowest BCUT2D eigenvalue weighted by molar-refractivity contribution is -0.385. The lowest BCUT2D eigenvalue weighted by Gasteiger charge is -2.13. The minimum atomic E-state index is -0.570. The maximum absolute atomic E-state index is 12.1. The highest BCUT2D eigenvalue weighted by Crippen LogP contribution is 2.35. The molecular weight excluding hydrogens is 346 g/mol. The molecule has 0 bridgehead atoms. The molecular formula is C17H21NO8. The molecule has 0 N–H and O–H groups in total. The number of nitro groups is 1. The number of cyclic esters (lactones) is 1. The summed E-state index contributed by atoms with van der Waals surface area (Å²) in [5, 5.41) is 11.2. The molecule has 0 spiro atoms. The zero-order valence-corrected chi connectivity index (χ0v) is 14.7. The molecule has 1 saturated heterocycles. The molecule has 0 aliphatic carbocycles. The first-order chi connectivity index (χ1) is 12.4. The standard InChI is InChI=1S/C17H21NO8/c1-23-14-8-12(13(18(21)22)9-15(14)24-2)10-26-17(20)7-11-3-4-16(19)25-6-5-11/h8-9,11H,3-7,10H2,1-2H3. The first-order valence-electron chi connectivity index (χ1n) is 8.15. The molecule has 0 amide bonds. The van der Waals surface area contributed by atoms with Crippen molar-refractivity contribution in [2.75, 3.05) is 20.8 Å². The highest BCUT2D eigenvalue weighted by atomic mass is 16.6. The summed E-state index contributed by atoms with van der Waals surface area (Å²) in [6.45, 7) is 0.0373. The zero-order valence-electron chi connectivity index (χ0n) is 14.7. The van der Waals surface area contributed by atoms with E-state index in [9.17, 15) is 19.7 Å². The Bertz CT molecular complexity index is 688. The van der Waals surface area contributed by atoms with Crippen LogP contribution in [0.4, 0.5) is 5.69 Å². The molecule has 0 aromatic heterocycles. The van der Waals surface area contributed by atoms with Gasteiger partial charge in [-0.25, -0.2) is 0 Å². The number of esters is 2. The quantitative estimate of drug-likeness (QED) is 0.410. The second kappa shape index (κ2) is 9.02. The molecule has 1 aliphatic rings. The first-order valence-corrected chi connectivity index (χ1v) is 8.15. The lowest BCUT2D eigenvalue weighted by Crippen LogP contribution is -2.13. The predicted octanol–water partition coefficient (Wildman–Crippen LogP) is 2.39. The van der Waals surface area contributed by atoms with Crippen LogP contribution in [-0.2, 0) is 25.7 Å². The van der Waals surface area contributed by atoms with Crippen molar-refractivity contribution < 1.29 is 33.5 Å². The van der Waals surface area contributed by atoms with E-state index < -0.39 is 10.9 Å². The highest BCUT2D eigenvalue weighted by Gasteiger charge is 2.23. The number of carbonyl (C=O) groups is 2. The van der Waals surface area contributed by atoms with Crippen LogP contribution in [0.5, 0.6) is 11.5 Å². The Hall–Kier alpha value is -2.84. The van der Waals surface area contributed by atoms with E-state index in [1.165, 1.54) is 26.4 Å². The van der Waals surface area contributed by atoms with Gasteiger partial charge in [-0.15, -0.1) is 0 Å². The van der Waals surface area contributed by atoms with Gasteiger partial charge in [0.05, 0.1) is 37.4 Å². The first kappa shape index (κ1) is 19.5. The third-order valence-corrected chi connectivity index (χ3v) is 4.17. The van der Waals surface area contributed by atoms with Crippen molar-refractivity contribution in [1.29, 1.82) is 0 Å². The van der Waals surface area contributed by atoms with E-state index in [0.29, 0.717) is 18.6 Å². The molecule has 0 saturated carbocycles. The third kappa shape index (κ3) is 5.08. The van der Waals surface area contributed by atoms with Crippen molar-refractivity contribution in [3.63, 3.8) is 0 Å². The van der Waals surface area contributed by atoms with Crippen molar-refractivity contribution in [1.82, 2.24) is 0 Å². The number of nitrogens with zero attached hydrogens (tertiary/aromatic N) is 1. The Morgan fingerprint density at radius 3 is 2.62 bits per heavy atom. The average Bonchev–Trinajstić information content (AvgIpc) is 2.83. The number of methoxy groups -OCH3 is 2. The fourth-order valence-electron chi connectivity index (χ4n) is 2.73. The van der Waals surface area contributed by atoms with Crippen molar-refractivity contribution in [2.24, 2.45) is 5.92 Å². The second-order valence-electron chi connectivity index (χ2n) is 5.87. The van der Waals surface area contributed by atoms with Crippen LogP contribution in [0.1, 0.15) is 31.2 Å². The maximum Gasteiger partial charge on any atom is 0.306 e. The van der Waals surface area contributed by atoms with Gasteiger partial charge in [-0.05, 0) is 24.8 Å². The number of hydrogen-bond acceptors (Lipinski definition) is 8. The van der Waals surface area contributed by atoms with E-state index in [-0.39, 0.29) is 54.9 Å². The molecule has 1 aliphatic heterocycles. The smallest absolute Gasteiger partial charge is 0.306 e. The number of carbonyl (C=O) groups excluding carboxylic acids is 2. The molecule has 1 aromatic carbocycles. The lowest BCUT2D eigenvalue weighted by atomic mass is 9.97. The number of hydrogen-bond donors (Lipinski definition) is 0. The van der Waals surface area contributed by atoms with E-state index >= 15 is 0 Å². The van der Waals surface area contributed by atoms with Gasteiger partial charge in [-0.2, -0.15) is 0 Å². The Balaban J connectivity index is 2.02. The molecule has 0 radical (unpaired) electrons. The summed E-state index contributed by atoms with van der Waals surface area (Å²) in [6, 6.07) is 2.65. The second-order valence-corrected chi connectivity index (χ2v) is 5.87. The number of rotatable bonds is 7. The summed E-state index contributed by atoms with van der Waals surface area (Å²) in [5.41, 5.74) is -0.00992. The Morgan fingerprint density at radius 2 is 1.96 bits per heavy atom. The van der Waals surface area contributed by atoms with Gasteiger partial charge in [0.25, 0.3) is 5.69 Å². The van der Waals surface area contributed by atoms with Crippen LogP contribution >= 0.6 is 0 Å². The van der Waals surface area contributed by atoms with E-state index in [1.807, 2.05) is 0 Å². The van der Waals surface area contributed by atoms with Crippen LogP contribution < -0.4 is 9.47 Å². The van der Waals surface area contributed by atoms with Gasteiger partial charge in [-0.3, -0.25) is 19.7 Å². The summed E-state index contributed by atoms with van der Waals surface area (Å²) >= 11 is 0. The molecule has 2 rings (SSSR count). The summed E-state index contributed by atoms with van der Waals surface area (Å²) in [7, 11) is 2.79. The van der Waals surface area contributed by atoms with E-state index in [1.54, 1.807) is 0 Å². The fraction of sp³-hybridized carbons (Fsp3) is 0.529. The van der Waals surface area contributed by atoms with Crippen LogP contribution in [0.15, 0.2) is 12.1 Å². The minimum Gasteiger partial charge on any atom is -0.493 e. The van der Waals surface area contributed by atoms with Gasteiger partial charge in [0.2, 0.25) is 0 Å². The molecule has 1 fully saturated rings. The molecule has 1 unspecified atom stereocenters. The van der Waals surface area contributed by atoms with Gasteiger partial charge < -0.3 is 18.9 Å². The summed E-state index contributed by atoms with van der Waals surface area (Å²) in [5.74, 6) is -0.217. The summed E-state index contributed by atoms with van der Waals surface area (Å²) in [6.07, 6.45) is 1.57. The van der Waals surface area contributed by atoms with Gasteiger partial charge in [0.1, 0.15) is 6.61 Å². The van der Waals surface area contributed by atoms with Crippen LogP contribution in [0.3, 0.4) is 0 Å². The Labute approximate surface area is 150 Å². The zero-order chi connectivity index (χ0) is 19.1. The molecule has 1 heterocycles. The third-order valence-electron chi connectivity index (χ3n) is 4.17. The molecule has 9 heteroatoms. The largest absolute Gasteiger partial charge is 0.493 e. The molecule has 9 nitrogen and oxygen atoms in total. The normalized spacial score (nSPS) is 17.0. The summed E-state index contributed by atoms with van der Waals surface area (Å²) < 4.78 is 20.3. The van der Waals surface area contributed by atoms with Crippen LogP contribution in [-0.4, -0.2) is 37.7 Å². The van der Waals surface area contributed by atoms with Gasteiger partial charge in [-0.1, -0.05) is 0 Å². The van der Waals surface area contributed by atoms with Crippen molar-refractivity contribution >= 4 is 17.6 Å². The number of ether oxygens (including phenoxy) is 4. The topological polar surface area (TPSA) is 114 Å². The minimum absolute atomic E-state index is 0.00524. The van der Waals surface area contributed by atoms with Crippen molar-refractivity contribution in [2.45, 2.75) is 32.3 Å². The monoisotopic (exact) mass is 367 g/mol. The number of nitro benzene ring substituents is 1. The van der Waals surface area contributed by atoms with E-state index in [2.05, 4.69) is 0 Å². The fourth-order valence-corrected chi connectivity index (χ4v) is 2.73. The molecule has 142 valence electrons. The van der Waals surface area contributed by atoms with Crippen molar-refractivity contribution in [3.05, 3.63) is 27.8 Å². The van der Waals surface area contributed by atoms with Gasteiger partial charge >= 0.3 is 11.9 Å². The Kier molecular flexibility index (Phi) is 6.76. The van der Waals surface area contributed by atoms with Gasteiger partial charge in [0.15, 0.2) is 11.5 Å². The Morgan fingerprint density at radius 1 is 1.27 bits per heavy atom. The maximum atomic E-state index is 12.1. The molecule has 26 heavy (non-hydrogen) atoms. The van der Waals surface area contributed by atoms with E-state index in [0.717, 1.165) is 0 Å². The molecule has 1 aromatic rings. The van der Waals surface area contributed by atoms with E-state index in [4.69, 9.17) is 18.9 Å².